The summed E-state index contributed by atoms with van der Waals surface area (Å²) in [4.78, 5) is 14.9. The summed E-state index contributed by atoms with van der Waals surface area (Å²) in [6, 6.07) is 15.1. The standard InChI is InChI=1S/C19H19N3O3/c1-14-13-21(9-11-24-14)19(23)17-12-16(18-8-5-10-25-18)20-22(17)15-6-3-2-4-7-15/h2-8,10,12,14H,9,11,13H2,1H3. The number of carbonyl (C=O) groups excluding carboxylic acids is 1. The molecule has 128 valence electrons. The van der Waals surface area contributed by atoms with Crippen LogP contribution in [0.15, 0.2) is 59.2 Å². The van der Waals surface area contributed by atoms with Crippen molar-refractivity contribution < 1.29 is 13.9 Å². The fraction of sp³-hybridized carbons (Fsp3) is 0.263. The van der Waals surface area contributed by atoms with Crippen LogP contribution in [0.5, 0.6) is 0 Å². The molecule has 1 amide bonds. The Morgan fingerprint density at radius 1 is 1.20 bits per heavy atom. The molecule has 3 heterocycles. The van der Waals surface area contributed by atoms with E-state index < -0.39 is 0 Å². The van der Waals surface area contributed by atoms with Crippen molar-refractivity contribution in [2.45, 2.75) is 13.0 Å². The molecular formula is C19H19N3O3. The van der Waals surface area contributed by atoms with Crippen molar-refractivity contribution in [3.63, 3.8) is 0 Å². The molecule has 0 aliphatic carbocycles. The van der Waals surface area contributed by atoms with Crippen LogP contribution < -0.4 is 0 Å². The fourth-order valence-electron chi connectivity index (χ4n) is 3.01. The van der Waals surface area contributed by atoms with Gasteiger partial charge in [-0.05, 0) is 31.2 Å². The van der Waals surface area contributed by atoms with E-state index >= 15 is 0 Å². The molecule has 1 unspecified atom stereocenters. The van der Waals surface area contributed by atoms with Crippen molar-refractivity contribution in [1.82, 2.24) is 14.7 Å². The zero-order valence-corrected chi connectivity index (χ0v) is 14.0. The van der Waals surface area contributed by atoms with E-state index in [4.69, 9.17) is 9.15 Å². The monoisotopic (exact) mass is 337 g/mol. The quantitative estimate of drug-likeness (QED) is 0.737. The third kappa shape index (κ3) is 3.08. The fourth-order valence-corrected chi connectivity index (χ4v) is 3.01. The highest BCUT2D eigenvalue weighted by Gasteiger charge is 2.27. The summed E-state index contributed by atoms with van der Waals surface area (Å²) in [5, 5.41) is 4.60. The highest BCUT2D eigenvalue weighted by molar-refractivity contribution is 5.94. The molecule has 3 aromatic rings. The van der Waals surface area contributed by atoms with Gasteiger partial charge in [-0.2, -0.15) is 5.10 Å². The first-order chi connectivity index (χ1) is 12.2. The van der Waals surface area contributed by atoms with Gasteiger partial charge in [-0.3, -0.25) is 4.79 Å². The lowest BCUT2D eigenvalue weighted by Crippen LogP contribution is -2.45. The van der Waals surface area contributed by atoms with Crippen molar-refractivity contribution in [1.29, 1.82) is 0 Å². The first-order valence-corrected chi connectivity index (χ1v) is 8.32. The van der Waals surface area contributed by atoms with E-state index in [0.29, 0.717) is 36.8 Å². The van der Waals surface area contributed by atoms with Crippen molar-refractivity contribution in [2.24, 2.45) is 0 Å². The average Bonchev–Trinajstić information content (AvgIpc) is 3.31. The Kier molecular flexibility index (Phi) is 4.11. The van der Waals surface area contributed by atoms with E-state index in [1.54, 1.807) is 17.0 Å². The van der Waals surface area contributed by atoms with Crippen LogP contribution in [0.3, 0.4) is 0 Å². The first kappa shape index (κ1) is 15.7. The van der Waals surface area contributed by atoms with Gasteiger partial charge in [-0.25, -0.2) is 4.68 Å². The van der Waals surface area contributed by atoms with Crippen LogP contribution >= 0.6 is 0 Å². The van der Waals surface area contributed by atoms with E-state index in [0.717, 1.165) is 5.69 Å². The van der Waals surface area contributed by atoms with Crippen LogP contribution in [0, 0.1) is 0 Å². The number of hydrogen-bond donors (Lipinski definition) is 0. The van der Waals surface area contributed by atoms with Gasteiger partial charge in [-0.15, -0.1) is 0 Å². The van der Waals surface area contributed by atoms with Gasteiger partial charge in [0.15, 0.2) is 5.76 Å². The van der Waals surface area contributed by atoms with E-state index in [1.807, 2.05) is 54.3 Å². The lowest BCUT2D eigenvalue weighted by atomic mass is 10.2. The lowest BCUT2D eigenvalue weighted by molar-refractivity contribution is -0.0127. The molecule has 2 aromatic heterocycles. The zero-order valence-electron chi connectivity index (χ0n) is 14.0. The Morgan fingerprint density at radius 2 is 2.04 bits per heavy atom. The van der Waals surface area contributed by atoms with Crippen LogP contribution in [-0.4, -0.2) is 46.4 Å². The van der Waals surface area contributed by atoms with Crippen LogP contribution in [0.2, 0.25) is 0 Å². The summed E-state index contributed by atoms with van der Waals surface area (Å²) in [6.07, 6.45) is 1.64. The summed E-state index contributed by atoms with van der Waals surface area (Å²) in [5.74, 6) is 0.586. The number of rotatable bonds is 3. The number of aromatic nitrogens is 2. The molecule has 0 N–H and O–H groups in total. The topological polar surface area (TPSA) is 60.5 Å². The van der Waals surface area contributed by atoms with Gasteiger partial charge in [0.1, 0.15) is 11.4 Å². The number of hydrogen-bond acceptors (Lipinski definition) is 4. The van der Waals surface area contributed by atoms with Crippen LogP contribution in [0.1, 0.15) is 17.4 Å². The summed E-state index contributed by atoms with van der Waals surface area (Å²) in [7, 11) is 0. The largest absolute Gasteiger partial charge is 0.463 e. The SMILES string of the molecule is CC1CN(C(=O)c2cc(-c3ccco3)nn2-c2ccccc2)CCO1. The van der Waals surface area contributed by atoms with Crippen LogP contribution in [0.4, 0.5) is 0 Å². The van der Waals surface area contributed by atoms with E-state index in [2.05, 4.69) is 5.10 Å². The Hall–Kier alpha value is -2.86. The van der Waals surface area contributed by atoms with Gasteiger partial charge in [0.2, 0.25) is 0 Å². The van der Waals surface area contributed by atoms with Gasteiger partial charge in [0, 0.05) is 19.2 Å². The van der Waals surface area contributed by atoms with E-state index in [9.17, 15) is 4.79 Å². The maximum Gasteiger partial charge on any atom is 0.272 e. The molecule has 0 spiro atoms. The van der Waals surface area contributed by atoms with Gasteiger partial charge in [0.05, 0.1) is 24.7 Å². The second-order valence-electron chi connectivity index (χ2n) is 6.07. The number of morpholine rings is 1. The van der Waals surface area contributed by atoms with E-state index in [-0.39, 0.29) is 12.0 Å². The van der Waals surface area contributed by atoms with Crippen LogP contribution in [0.25, 0.3) is 17.1 Å². The maximum absolute atomic E-state index is 13.1. The summed E-state index contributed by atoms with van der Waals surface area (Å²) in [6.45, 7) is 3.69. The second-order valence-corrected chi connectivity index (χ2v) is 6.07. The molecular weight excluding hydrogens is 318 g/mol. The number of ether oxygens (including phenoxy) is 1. The van der Waals surface area contributed by atoms with Crippen LogP contribution in [-0.2, 0) is 4.74 Å². The van der Waals surface area contributed by atoms with Crippen molar-refractivity contribution in [2.75, 3.05) is 19.7 Å². The van der Waals surface area contributed by atoms with Crippen molar-refractivity contribution in [3.8, 4) is 17.1 Å². The highest BCUT2D eigenvalue weighted by atomic mass is 16.5. The zero-order chi connectivity index (χ0) is 17.2. The molecule has 1 aromatic carbocycles. The molecule has 1 saturated heterocycles. The second kappa shape index (κ2) is 6.57. The van der Waals surface area contributed by atoms with Gasteiger partial charge < -0.3 is 14.1 Å². The molecule has 6 heteroatoms. The minimum absolute atomic E-state index is 0.0374. The lowest BCUT2D eigenvalue weighted by Gasteiger charge is -2.31. The molecule has 1 fully saturated rings. The Bertz CT molecular complexity index is 855. The predicted molar refractivity (Wildman–Crippen MR) is 92.6 cm³/mol. The molecule has 6 nitrogen and oxygen atoms in total. The molecule has 25 heavy (non-hydrogen) atoms. The molecule has 4 rings (SSSR count). The normalized spacial score (nSPS) is 17.6. The number of carbonyl (C=O) groups is 1. The van der Waals surface area contributed by atoms with Gasteiger partial charge >= 0.3 is 0 Å². The summed E-state index contributed by atoms with van der Waals surface area (Å²) >= 11 is 0. The molecule has 1 atom stereocenters. The molecule has 0 bridgehead atoms. The Balaban J connectivity index is 1.76. The van der Waals surface area contributed by atoms with E-state index in [1.165, 1.54) is 0 Å². The first-order valence-electron chi connectivity index (χ1n) is 8.32. The molecule has 1 aliphatic rings. The van der Waals surface area contributed by atoms with Gasteiger partial charge in [0.25, 0.3) is 5.91 Å². The minimum atomic E-state index is -0.0516. The Morgan fingerprint density at radius 3 is 2.76 bits per heavy atom. The highest BCUT2D eigenvalue weighted by Crippen LogP contribution is 2.23. The minimum Gasteiger partial charge on any atom is -0.463 e. The van der Waals surface area contributed by atoms with Crippen molar-refractivity contribution in [3.05, 3.63) is 60.5 Å². The number of para-hydroxylation sites is 1. The van der Waals surface area contributed by atoms with Crippen molar-refractivity contribution >= 4 is 5.91 Å². The average molecular weight is 337 g/mol. The molecule has 0 saturated carbocycles. The number of amides is 1. The Labute approximate surface area is 145 Å². The third-order valence-corrected chi connectivity index (χ3v) is 4.23. The molecule has 1 aliphatic heterocycles. The smallest absolute Gasteiger partial charge is 0.272 e. The van der Waals surface area contributed by atoms with Gasteiger partial charge in [-0.1, -0.05) is 18.2 Å². The predicted octanol–water partition coefficient (Wildman–Crippen LogP) is 2.99. The number of benzene rings is 1. The number of furan rings is 1. The summed E-state index contributed by atoms with van der Waals surface area (Å²) in [5.41, 5.74) is 2.00. The maximum atomic E-state index is 13.1. The number of nitrogens with zero attached hydrogens (tertiary/aromatic N) is 3. The third-order valence-electron chi connectivity index (χ3n) is 4.23. The summed E-state index contributed by atoms with van der Waals surface area (Å²) < 4.78 is 12.7. The molecule has 0 radical (unpaired) electrons.